The Morgan fingerprint density at radius 2 is 2.19 bits per heavy atom. The summed E-state index contributed by atoms with van der Waals surface area (Å²) in [6.07, 6.45) is 8.00. The lowest BCUT2D eigenvalue weighted by atomic mass is 9.83. The average Bonchev–Trinajstić information content (AvgIpc) is 2.26. The first-order valence-corrected chi connectivity index (χ1v) is 6.20. The molecule has 16 heavy (non-hydrogen) atoms. The zero-order valence-electron chi connectivity index (χ0n) is 11.1. The molecule has 1 heteroatoms. The fourth-order valence-corrected chi connectivity index (χ4v) is 1.96. The van der Waals surface area contributed by atoms with Crippen molar-refractivity contribution in [1.29, 1.82) is 0 Å². The maximum Gasteiger partial charge on any atom is 0.121 e. The average molecular weight is 220 g/mol. The molecule has 0 heterocycles. The molecule has 0 aromatic heterocycles. The van der Waals surface area contributed by atoms with Gasteiger partial charge in [0, 0.05) is 20.0 Å². The van der Waals surface area contributed by atoms with Crippen LogP contribution in [0.25, 0.3) is 0 Å². The molecule has 0 aromatic carbocycles. The van der Waals surface area contributed by atoms with Crippen molar-refractivity contribution in [2.45, 2.75) is 59.0 Å². The molecule has 0 spiro atoms. The van der Waals surface area contributed by atoms with Crippen molar-refractivity contribution in [2.24, 2.45) is 5.41 Å². The van der Waals surface area contributed by atoms with Crippen molar-refractivity contribution in [3.8, 4) is 11.8 Å². The quantitative estimate of drug-likeness (QED) is 0.480. The molecule has 0 aliphatic heterocycles. The first-order valence-electron chi connectivity index (χ1n) is 6.20. The number of methoxy groups -OCH3 is 1. The summed E-state index contributed by atoms with van der Waals surface area (Å²) < 4.78 is 5.37. The molecule has 1 rings (SSSR count). The van der Waals surface area contributed by atoms with E-state index in [0.717, 1.165) is 19.3 Å². The molecule has 0 radical (unpaired) electrons. The van der Waals surface area contributed by atoms with E-state index in [9.17, 15) is 0 Å². The number of hydrogen-bond acceptors (Lipinski definition) is 1. The van der Waals surface area contributed by atoms with Gasteiger partial charge in [-0.2, -0.15) is 0 Å². The molecule has 0 fully saturated rings. The molecule has 90 valence electrons. The molecule has 1 aliphatic rings. The molecular weight excluding hydrogens is 196 g/mol. The van der Waals surface area contributed by atoms with Crippen LogP contribution in [0.1, 0.15) is 52.9 Å². The van der Waals surface area contributed by atoms with Crippen LogP contribution in [0, 0.1) is 17.3 Å². The normalized spacial score (nSPS) is 29.2. The highest BCUT2D eigenvalue weighted by Gasteiger charge is 2.16. The minimum absolute atomic E-state index is 0.0810. The molecule has 0 bridgehead atoms. The molecule has 0 saturated heterocycles. The fraction of sp³-hybridized carbons (Fsp3) is 0.733. The third kappa shape index (κ3) is 4.86. The fourth-order valence-electron chi connectivity index (χ4n) is 1.96. The summed E-state index contributed by atoms with van der Waals surface area (Å²) in [6.45, 7) is 6.87. The van der Waals surface area contributed by atoms with Gasteiger partial charge in [0.25, 0.3) is 0 Å². The summed E-state index contributed by atoms with van der Waals surface area (Å²) in [5, 5.41) is 0. The molecular formula is C15H24O. The molecule has 0 saturated carbocycles. The van der Waals surface area contributed by atoms with Gasteiger partial charge in [0.1, 0.15) is 6.10 Å². The zero-order chi connectivity index (χ0) is 12.0. The maximum absolute atomic E-state index is 5.37. The lowest BCUT2D eigenvalue weighted by Crippen LogP contribution is -2.10. The number of hydrogen-bond donors (Lipinski definition) is 0. The first kappa shape index (κ1) is 13.3. The van der Waals surface area contributed by atoms with Gasteiger partial charge in [-0.15, -0.1) is 5.92 Å². The minimum Gasteiger partial charge on any atom is -0.368 e. The Labute approximate surface area is 100 Å². The molecule has 0 amide bonds. The molecule has 1 nitrogen and oxygen atoms in total. The van der Waals surface area contributed by atoms with Gasteiger partial charge >= 0.3 is 0 Å². The van der Waals surface area contributed by atoms with E-state index in [1.54, 1.807) is 7.11 Å². The lowest BCUT2D eigenvalue weighted by Gasteiger charge is -2.22. The topological polar surface area (TPSA) is 9.23 Å². The predicted octanol–water partition coefficient (Wildman–Crippen LogP) is 3.94. The predicted molar refractivity (Wildman–Crippen MR) is 69.2 cm³/mol. The van der Waals surface area contributed by atoms with Crippen LogP contribution in [0.3, 0.4) is 0 Å². The summed E-state index contributed by atoms with van der Waals surface area (Å²) in [7, 11) is 1.75. The van der Waals surface area contributed by atoms with Gasteiger partial charge in [0.15, 0.2) is 0 Å². The van der Waals surface area contributed by atoms with E-state index in [1.165, 1.54) is 18.4 Å². The summed E-state index contributed by atoms with van der Waals surface area (Å²) in [5.41, 5.74) is 1.81. The van der Waals surface area contributed by atoms with Gasteiger partial charge in [0.05, 0.1) is 0 Å². The lowest BCUT2D eigenvalue weighted by molar-refractivity contribution is 0.148. The Morgan fingerprint density at radius 3 is 2.88 bits per heavy atom. The molecule has 1 atom stereocenters. The second kappa shape index (κ2) is 6.11. The third-order valence-corrected chi connectivity index (χ3v) is 3.21. The van der Waals surface area contributed by atoms with Crippen molar-refractivity contribution in [3.63, 3.8) is 0 Å². The van der Waals surface area contributed by atoms with Crippen LogP contribution < -0.4 is 0 Å². The first-order chi connectivity index (χ1) is 7.53. The SMILES string of the molecule is COC1C#CCCCC(C)(C)C/C=C(\C)C1. The Kier molecular flexibility index (Phi) is 5.09. The van der Waals surface area contributed by atoms with Gasteiger partial charge in [-0.05, 0) is 31.6 Å². The Balaban J connectivity index is 2.74. The monoisotopic (exact) mass is 220 g/mol. The van der Waals surface area contributed by atoms with Crippen molar-refractivity contribution in [3.05, 3.63) is 11.6 Å². The highest BCUT2D eigenvalue weighted by atomic mass is 16.5. The third-order valence-electron chi connectivity index (χ3n) is 3.21. The summed E-state index contributed by atoms with van der Waals surface area (Å²) in [6, 6.07) is 0. The standard InChI is InChI=1S/C15H24O/c1-13-9-11-15(2,3)10-7-5-6-8-14(12-13)16-4/h9,14H,5,7,10-12H2,1-4H3/b13-9+. The maximum atomic E-state index is 5.37. The van der Waals surface area contributed by atoms with Crippen LogP contribution in [0.15, 0.2) is 11.6 Å². The van der Waals surface area contributed by atoms with E-state index in [-0.39, 0.29) is 6.10 Å². The second-order valence-corrected chi connectivity index (χ2v) is 5.52. The number of ether oxygens (including phenoxy) is 1. The second-order valence-electron chi connectivity index (χ2n) is 5.52. The van der Waals surface area contributed by atoms with Crippen molar-refractivity contribution >= 4 is 0 Å². The number of rotatable bonds is 1. The van der Waals surface area contributed by atoms with E-state index in [4.69, 9.17) is 4.74 Å². The van der Waals surface area contributed by atoms with E-state index < -0.39 is 0 Å². The molecule has 1 aliphatic carbocycles. The van der Waals surface area contributed by atoms with E-state index >= 15 is 0 Å². The van der Waals surface area contributed by atoms with Gasteiger partial charge in [-0.3, -0.25) is 0 Å². The Hall–Kier alpha value is -0.740. The van der Waals surface area contributed by atoms with Crippen LogP contribution in [-0.4, -0.2) is 13.2 Å². The van der Waals surface area contributed by atoms with Crippen molar-refractivity contribution in [1.82, 2.24) is 0 Å². The van der Waals surface area contributed by atoms with Gasteiger partial charge in [-0.1, -0.05) is 31.4 Å². The summed E-state index contributed by atoms with van der Waals surface area (Å²) in [4.78, 5) is 0. The Bertz CT molecular complexity index is 301. The van der Waals surface area contributed by atoms with E-state index in [2.05, 4.69) is 38.7 Å². The summed E-state index contributed by atoms with van der Waals surface area (Å²) >= 11 is 0. The van der Waals surface area contributed by atoms with Gasteiger partial charge < -0.3 is 4.74 Å². The summed E-state index contributed by atoms with van der Waals surface area (Å²) in [5.74, 6) is 6.45. The van der Waals surface area contributed by atoms with Crippen LogP contribution in [-0.2, 0) is 4.74 Å². The van der Waals surface area contributed by atoms with Crippen molar-refractivity contribution in [2.75, 3.05) is 7.11 Å². The number of allylic oxidation sites excluding steroid dienone is 1. The zero-order valence-corrected chi connectivity index (χ0v) is 11.1. The molecule has 0 N–H and O–H groups in total. The van der Waals surface area contributed by atoms with Crippen LogP contribution in [0.4, 0.5) is 0 Å². The van der Waals surface area contributed by atoms with Crippen LogP contribution >= 0.6 is 0 Å². The van der Waals surface area contributed by atoms with Crippen LogP contribution in [0.2, 0.25) is 0 Å². The largest absolute Gasteiger partial charge is 0.368 e. The smallest absolute Gasteiger partial charge is 0.121 e. The Morgan fingerprint density at radius 1 is 1.44 bits per heavy atom. The highest BCUT2D eigenvalue weighted by molar-refractivity contribution is 5.12. The van der Waals surface area contributed by atoms with E-state index in [0.29, 0.717) is 5.41 Å². The molecule has 0 aromatic rings. The van der Waals surface area contributed by atoms with Gasteiger partial charge in [0.2, 0.25) is 0 Å². The van der Waals surface area contributed by atoms with E-state index in [1.807, 2.05) is 0 Å². The molecule has 1 unspecified atom stereocenters. The van der Waals surface area contributed by atoms with Gasteiger partial charge in [-0.25, -0.2) is 0 Å². The minimum atomic E-state index is 0.0810. The highest BCUT2D eigenvalue weighted by Crippen LogP contribution is 2.29. The van der Waals surface area contributed by atoms with Crippen molar-refractivity contribution < 1.29 is 4.74 Å². The van der Waals surface area contributed by atoms with Crippen LogP contribution in [0.5, 0.6) is 0 Å².